The second-order valence-corrected chi connectivity index (χ2v) is 6.09. The minimum Gasteiger partial charge on any atom is -0.324 e. The number of alkyl halides is 3. The van der Waals surface area contributed by atoms with Crippen molar-refractivity contribution in [2.75, 3.05) is 16.4 Å². The van der Waals surface area contributed by atoms with Gasteiger partial charge in [-0.3, -0.25) is 9.59 Å². The summed E-state index contributed by atoms with van der Waals surface area (Å²) in [6.45, 7) is 0. The number of thioether (sulfide) groups is 1. The Bertz CT molecular complexity index is 804. The van der Waals surface area contributed by atoms with Crippen LogP contribution in [0.4, 0.5) is 24.5 Å². The lowest BCUT2D eigenvalue weighted by Crippen LogP contribution is -2.19. The van der Waals surface area contributed by atoms with Gasteiger partial charge in [0.15, 0.2) is 0 Å². The number of halogens is 3. The lowest BCUT2D eigenvalue weighted by atomic mass is 10.1. The summed E-state index contributed by atoms with van der Waals surface area (Å²) in [5.41, 5.74) is 0.342. The second-order valence-electron chi connectivity index (χ2n) is 5.08. The molecule has 0 bridgehead atoms. The number of amides is 2. The number of nitrogens with one attached hydrogen (secondary N) is 2. The normalized spacial score (nSPS) is 13.9. The second kappa shape index (κ2) is 6.20. The Kier molecular flexibility index (Phi) is 4.23. The molecule has 2 aromatic carbocycles. The summed E-state index contributed by atoms with van der Waals surface area (Å²) < 4.78 is 37.6. The predicted octanol–water partition coefficient (Wildman–Crippen LogP) is 4.00. The van der Waals surface area contributed by atoms with Crippen LogP contribution in [0.5, 0.6) is 0 Å². The minimum atomic E-state index is -4.44. The highest BCUT2D eigenvalue weighted by molar-refractivity contribution is 8.00. The van der Waals surface area contributed by atoms with Crippen LogP contribution in [0.1, 0.15) is 15.9 Å². The van der Waals surface area contributed by atoms with Gasteiger partial charge in [0, 0.05) is 16.1 Å². The molecule has 0 atom stereocenters. The molecule has 4 nitrogen and oxygen atoms in total. The Hall–Kier alpha value is -2.48. The van der Waals surface area contributed by atoms with Crippen LogP contribution in [0, 0.1) is 0 Å². The largest absolute Gasteiger partial charge is 0.416 e. The van der Waals surface area contributed by atoms with Gasteiger partial charge in [0.25, 0.3) is 5.91 Å². The van der Waals surface area contributed by atoms with Gasteiger partial charge in [0.2, 0.25) is 5.91 Å². The molecule has 0 fully saturated rings. The highest BCUT2D eigenvalue weighted by Crippen LogP contribution is 2.33. The molecular weight excluding hydrogens is 341 g/mol. The molecule has 2 amide bonds. The number of carbonyl (C=O) groups excluding carboxylic acids is 2. The molecule has 24 heavy (non-hydrogen) atoms. The molecule has 0 unspecified atom stereocenters. The third-order valence-corrected chi connectivity index (χ3v) is 4.42. The van der Waals surface area contributed by atoms with Crippen LogP contribution in [0.15, 0.2) is 47.4 Å². The number of hydrogen-bond donors (Lipinski definition) is 2. The Balaban J connectivity index is 1.75. The molecular formula is C16H11F3N2O2S. The zero-order valence-electron chi connectivity index (χ0n) is 12.1. The minimum absolute atomic E-state index is 0.110. The maximum absolute atomic E-state index is 12.5. The molecule has 1 heterocycles. The first kappa shape index (κ1) is 16.4. The fraction of sp³-hybridized carbons (Fsp3) is 0.125. The molecule has 0 saturated carbocycles. The fourth-order valence-corrected chi connectivity index (χ4v) is 2.96. The third-order valence-electron chi connectivity index (χ3n) is 3.34. The molecule has 0 aliphatic carbocycles. The van der Waals surface area contributed by atoms with Gasteiger partial charge in [-0.05, 0) is 42.5 Å². The Labute approximate surface area is 139 Å². The summed E-state index contributed by atoms with van der Waals surface area (Å²) in [5, 5.41) is 5.30. The third kappa shape index (κ3) is 3.53. The van der Waals surface area contributed by atoms with Gasteiger partial charge < -0.3 is 10.6 Å². The smallest absolute Gasteiger partial charge is 0.324 e. The topological polar surface area (TPSA) is 58.2 Å². The first-order valence-corrected chi connectivity index (χ1v) is 7.87. The first-order chi connectivity index (χ1) is 11.3. The highest BCUT2D eigenvalue weighted by Gasteiger charge is 2.30. The van der Waals surface area contributed by atoms with Gasteiger partial charge in [-0.1, -0.05) is 0 Å². The Morgan fingerprint density at radius 3 is 2.50 bits per heavy atom. The summed E-state index contributed by atoms with van der Waals surface area (Å²) >= 11 is 1.39. The van der Waals surface area contributed by atoms with E-state index in [1.54, 1.807) is 18.2 Å². The zero-order valence-corrected chi connectivity index (χ0v) is 12.9. The SMILES string of the molecule is O=C1CSc2ccc(NC(=O)c3ccc(C(F)(F)F)cc3)cc2N1. The van der Waals surface area contributed by atoms with Crippen molar-refractivity contribution in [2.24, 2.45) is 0 Å². The van der Waals surface area contributed by atoms with Gasteiger partial charge in [0.05, 0.1) is 17.0 Å². The maximum Gasteiger partial charge on any atom is 0.416 e. The average molecular weight is 352 g/mol. The van der Waals surface area contributed by atoms with E-state index in [9.17, 15) is 22.8 Å². The molecule has 1 aliphatic rings. The van der Waals surface area contributed by atoms with E-state index in [1.165, 1.54) is 11.8 Å². The van der Waals surface area contributed by atoms with Crippen molar-refractivity contribution < 1.29 is 22.8 Å². The standard InChI is InChI=1S/C16H11F3N2O2S/c17-16(18,19)10-3-1-9(2-4-10)15(23)20-11-5-6-13-12(7-11)21-14(22)8-24-13/h1-7H,8H2,(H,20,23)(H,21,22). The summed E-state index contributed by atoms with van der Waals surface area (Å²) in [6, 6.07) is 9.01. The Morgan fingerprint density at radius 1 is 1.12 bits per heavy atom. The first-order valence-electron chi connectivity index (χ1n) is 6.88. The van der Waals surface area contributed by atoms with Crippen LogP contribution < -0.4 is 10.6 Å². The maximum atomic E-state index is 12.5. The van der Waals surface area contributed by atoms with Gasteiger partial charge in [-0.25, -0.2) is 0 Å². The molecule has 1 aliphatic heterocycles. The zero-order chi connectivity index (χ0) is 17.3. The van der Waals surface area contributed by atoms with Crippen molar-refractivity contribution in [1.82, 2.24) is 0 Å². The number of hydrogen-bond acceptors (Lipinski definition) is 3. The van der Waals surface area contributed by atoms with Gasteiger partial charge in [-0.15, -0.1) is 11.8 Å². The molecule has 124 valence electrons. The van der Waals surface area contributed by atoms with Crippen LogP contribution in [0.2, 0.25) is 0 Å². The molecule has 8 heteroatoms. The summed E-state index contributed by atoms with van der Waals surface area (Å²) in [7, 11) is 0. The number of carbonyl (C=O) groups is 2. The number of anilines is 2. The van der Waals surface area contributed by atoms with Gasteiger partial charge in [0.1, 0.15) is 0 Å². The van der Waals surface area contributed by atoms with Crippen molar-refractivity contribution >= 4 is 35.0 Å². The van der Waals surface area contributed by atoms with Crippen LogP contribution in [-0.4, -0.2) is 17.6 Å². The summed E-state index contributed by atoms with van der Waals surface area (Å²) in [5.74, 6) is -0.318. The van der Waals surface area contributed by atoms with Gasteiger partial charge >= 0.3 is 6.18 Å². The molecule has 0 radical (unpaired) electrons. The van der Waals surface area contributed by atoms with Crippen LogP contribution in [0.25, 0.3) is 0 Å². The van der Waals surface area contributed by atoms with E-state index in [-0.39, 0.29) is 11.5 Å². The van der Waals surface area contributed by atoms with Crippen LogP contribution in [-0.2, 0) is 11.0 Å². The van der Waals surface area contributed by atoms with Crippen molar-refractivity contribution in [1.29, 1.82) is 0 Å². The van der Waals surface area contributed by atoms with E-state index >= 15 is 0 Å². The quantitative estimate of drug-likeness (QED) is 0.859. The van der Waals surface area contributed by atoms with E-state index in [0.29, 0.717) is 17.1 Å². The van der Waals surface area contributed by atoms with Gasteiger partial charge in [-0.2, -0.15) is 13.2 Å². The monoisotopic (exact) mass is 352 g/mol. The van der Waals surface area contributed by atoms with Crippen molar-refractivity contribution in [3.63, 3.8) is 0 Å². The number of fused-ring (bicyclic) bond motifs is 1. The summed E-state index contributed by atoms with van der Waals surface area (Å²) in [6.07, 6.45) is -4.44. The highest BCUT2D eigenvalue weighted by atomic mass is 32.2. The lowest BCUT2D eigenvalue weighted by Gasteiger charge is -2.17. The molecule has 0 aromatic heterocycles. The van der Waals surface area contributed by atoms with E-state index < -0.39 is 17.6 Å². The molecule has 0 spiro atoms. The average Bonchev–Trinajstić information content (AvgIpc) is 2.53. The van der Waals surface area contributed by atoms with E-state index in [2.05, 4.69) is 10.6 Å². The van der Waals surface area contributed by atoms with Crippen molar-refractivity contribution in [3.05, 3.63) is 53.6 Å². The van der Waals surface area contributed by atoms with Crippen LogP contribution >= 0.6 is 11.8 Å². The summed E-state index contributed by atoms with van der Waals surface area (Å²) in [4.78, 5) is 24.4. The van der Waals surface area contributed by atoms with Crippen molar-refractivity contribution in [2.45, 2.75) is 11.1 Å². The van der Waals surface area contributed by atoms with E-state index in [1.807, 2.05) is 0 Å². The van der Waals surface area contributed by atoms with Crippen LogP contribution in [0.3, 0.4) is 0 Å². The molecule has 0 saturated heterocycles. The Morgan fingerprint density at radius 2 is 1.83 bits per heavy atom. The van der Waals surface area contributed by atoms with Crippen molar-refractivity contribution in [3.8, 4) is 0 Å². The molecule has 2 N–H and O–H groups in total. The van der Waals surface area contributed by atoms with E-state index in [0.717, 1.165) is 29.2 Å². The lowest BCUT2D eigenvalue weighted by molar-refractivity contribution is -0.137. The fourth-order valence-electron chi connectivity index (χ4n) is 2.17. The number of rotatable bonds is 2. The van der Waals surface area contributed by atoms with E-state index in [4.69, 9.17) is 0 Å². The molecule has 3 rings (SSSR count). The molecule has 2 aromatic rings. The number of benzene rings is 2. The predicted molar refractivity (Wildman–Crippen MR) is 85.2 cm³/mol.